The van der Waals surface area contributed by atoms with Crippen molar-refractivity contribution in [2.24, 2.45) is 0 Å². The maximum Gasteiger partial charge on any atom is 0.273 e. The zero-order valence-electron chi connectivity index (χ0n) is 15.6. The van der Waals surface area contributed by atoms with Gasteiger partial charge in [-0.3, -0.25) is 4.79 Å². The first-order valence-electron chi connectivity index (χ1n) is 8.54. The lowest BCUT2D eigenvalue weighted by molar-refractivity contribution is 0.0945. The highest BCUT2D eigenvalue weighted by molar-refractivity contribution is 5.91. The van der Waals surface area contributed by atoms with E-state index < -0.39 is 0 Å². The molecule has 0 aliphatic rings. The number of hydrogen-bond acceptors (Lipinski definition) is 6. The van der Waals surface area contributed by atoms with Crippen LogP contribution in [0.15, 0.2) is 41.0 Å². The Balaban J connectivity index is 1.63. The summed E-state index contributed by atoms with van der Waals surface area (Å²) in [5.74, 6) is 1.44. The molecule has 0 aliphatic heterocycles. The maximum absolute atomic E-state index is 12.4. The first-order valence-corrected chi connectivity index (χ1v) is 8.54. The van der Waals surface area contributed by atoms with Gasteiger partial charge in [0.2, 0.25) is 0 Å². The third kappa shape index (κ3) is 4.44. The van der Waals surface area contributed by atoms with E-state index in [1.807, 2.05) is 38.1 Å². The van der Waals surface area contributed by atoms with Crippen molar-refractivity contribution >= 4 is 11.7 Å². The number of nitrogens with two attached hydrogens (primary N) is 1. The van der Waals surface area contributed by atoms with Crippen LogP contribution < -0.4 is 15.8 Å². The number of nitrogens with one attached hydrogen (secondary N) is 1. The Bertz CT molecular complexity index is 925. The van der Waals surface area contributed by atoms with E-state index in [1.54, 1.807) is 13.2 Å². The molecule has 27 heavy (non-hydrogen) atoms. The molecule has 0 saturated heterocycles. The molecular formula is C20H22N4O3. The van der Waals surface area contributed by atoms with E-state index in [-0.39, 0.29) is 11.6 Å². The van der Waals surface area contributed by atoms with E-state index in [0.717, 1.165) is 28.1 Å². The Morgan fingerprint density at radius 1 is 1.22 bits per heavy atom. The number of aryl methyl sites for hydroxylation is 2. The largest absolute Gasteiger partial charge is 0.497 e. The highest BCUT2D eigenvalue weighted by Gasteiger charge is 2.14. The standard InChI is InChI=1S/C20H22N4O3/c1-12-8-18(21)23-13(2)16(12)10-22-20(25)17-11-27-19(24-17)9-14-4-6-15(26-3)7-5-14/h4-8,11H,9-10H2,1-3H3,(H2,21,23)(H,22,25). The summed E-state index contributed by atoms with van der Waals surface area (Å²) in [5.41, 5.74) is 9.72. The normalized spacial score (nSPS) is 10.6. The van der Waals surface area contributed by atoms with Gasteiger partial charge in [-0.1, -0.05) is 12.1 Å². The Morgan fingerprint density at radius 3 is 2.63 bits per heavy atom. The number of pyridine rings is 1. The first kappa shape index (κ1) is 18.4. The average molecular weight is 366 g/mol. The molecule has 3 aromatic rings. The van der Waals surface area contributed by atoms with E-state index in [0.29, 0.717) is 24.7 Å². The summed E-state index contributed by atoms with van der Waals surface area (Å²) in [7, 11) is 1.62. The molecular weight excluding hydrogens is 344 g/mol. The van der Waals surface area contributed by atoms with Crippen LogP contribution in [0.25, 0.3) is 0 Å². The van der Waals surface area contributed by atoms with Crippen LogP contribution in [-0.2, 0) is 13.0 Å². The first-order chi connectivity index (χ1) is 13.0. The molecule has 2 aromatic heterocycles. The Kier molecular flexibility index (Phi) is 5.40. The molecule has 0 fully saturated rings. The van der Waals surface area contributed by atoms with Gasteiger partial charge in [-0.15, -0.1) is 0 Å². The summed E-state index contributed by atoms with van der Waals surface area (Å²) in [6.45, 7) is 4.16. The fourth-order valence-corrected chi connectivity index (χ4v) is 2.83. The number of hydrogen-bond donors (Lipinski definition) is 2. The number of rotatable bonds is 6. The monoisotopic (exact) mass is 366 g/mol. The minimum absolute atomic E-state index is 0.247. The molecule has 3 N–H and O–H groups in total. The third-order valence-electron chi connectivity index (χ3n) is 4.30. The number of benzene rings is 1. The number of anilines is 1. The van der Waals surface area contributed by atoms with Crippen molar-refractivity contribution in [3.8, 4) is 5.75 Å². The number of carbonyl (C=O) groups excluding carboxylic acids is 1. The van der Waals surface area contributed by atoms with E-state index in [4.69, 9.17) is 14.9 Å². The topological polar surface area (TPSA) is 103 Å². The van der Waals surface area contributed by atoms with E-state index in [1.165, 1.54) is 6.26 Å². The zero-order chi connectivity index (χ0) is 19.4. The molecule has 1 aromatic carbocycles. The molecule has 0 atom stereocenters. The van der Waals surface area contributed by atoms with Crippen molar-refractivity contribution in [2.75, 3.05) is 12.8 Å². The summed E-state index contributed by atoms with van der Waals surface area (Å²) in [6, 6.07) is 9.40. The second-order valence-electron chi connectivity index (χ2n) is 6.26. The molecule has 0 spiro atoms. The molecule has 7 nitrogen and oxygen atoms in total. The number of aromatic nitrogens is 2. The SMILES string of the molecule is COc1ccc(Cc2nc(C(=O)NCc3c(C)cc(N)nc3C)co2)cc1. The second kappa shape index (κ2) is 7.90. The summed E-state index contributed by atoms with van der Waals surface area (Å²) in [5, 5.41) is 2.85. The molecule has 140 valence electrons. The van der Waals surface area contributed by atoms with Crippen molar-refractivity contribution in [2.45, 2.75) is 26.8 Å². The van der Waals surface area contributed by atoms with Crippen LogP contribution in [0.1, 0.15) is 38.8 Å². The predicted octanol–water partition coefficient (Wildman–Crippen LogP) is 2.80. The number of oxazole rings is 1. The smallest absolute Gasteiger partial charge is 0.273 e. The molecule has 0 aliphatic carbocycles. The van der Waals surface area contributed by atoms with E-state index in [2.05, 4.69) is 15.3 Å². The van der Waals surface area contributed by atoms with E-state index in [9.17, 15) is 4.79 Å². The number of nitrogens with zero attached hydrogens (tertiary/aromatic N) is 2. The summed E-state index contributed by atoms with van der Waals surface area (Å²) in [4.78, 5) is 20.9. The summed E-state index contributed by atoms with van der Waals surface area (Å²) in [6.07, 6.45) is 1.87. The fourth-order valence-electron chi connectivity index (χ4n) is 2.83. The second-order valence-corrected chi connectivity index (χ2v) is 6.26. The molecule has 0 radical (unpaired) electrons. The van der Waals surface area contributed by atoms with Gasteiger partial charge in [0.1, 0.15) is 17.8 Å². The van der Waals surface area contributed by atoms with Gasteiger partial charge in [-0.05, 0) is 48.7 Å². The minimum Gasteiger partial charge on any atom is -0.497 e. The van der Waals surface area contributed by atoms with Crippen LogP contribution in [0, 0.1) is 13.8 Å². The van der Waals surface area contributed by atoms with Crippen molar-refractivity contribution in [3.63, 3.8) is 0 Å². The van der Waals surface area contributed by atoms with Crippen LogP contribution >= 0.6 is 0 Å². The number of carbonyl (C=O) groups is 1. The average Bonchev–Trinajstić information content (AvgIpc) is 3.10. The summed E-state index contributed by atoms with van der Waals surface area (Å²) >= 11 is 0. The van der Waals surface area contributed by atoms with Gasteiger partial charge in [-0.2, -0.15) is 0 Å². The molecule has 3 rings (SSSR count). The van der Waals surface area contributed by atoms with Crippen LogP contribution in [0.3, 0.4) is 0 Å². The van der Waals surface area contributed by atoms with Gasteiger partial charge in [0.25, 0.3) is 5.91 Å². The van der Waals surface area contributed by atoms with Gasteiger partial charge in [-0.25, -0.2) is 9.97 Å². The lowest BCUT2D eigenvalue weighted by Gasteiger charge is -2.10. The van der Waals surface area contributed by atoms with Crippen molar-refractivity contribution < 1.29 is 13.9 Å². The molecule has 0 unspecified atom stereocenters. The number of amides is 1. The van der Waals surface area contributed by atoms with Crippen LogP contribution in [0.2, 0.25) is 0 Å². The fraction of sp³-hybridized carbons (Fsp3) is 0.250. The summed E-state index contributed by atoms with van der Waals surface area (Å²) < 4.78 is 10.6. The zero-order valence-corrected chi connectivity index (χ0v) is 15.6. The lowest BCUT2D eigenvalue weighted by atomic mass is 10.1. The van der Waals surface area contributed by atoms with E-state index >= 15 is 0 Å². The van der Waals surface area contributed by atoms with Crippen LogP contribution in [-0.4, -0.2) is 23.0 Å². The molecule has 0 bridgehead atoms. The van der Waals surface area contributed by atoms with Crippen molar-refractivity contribution in [3.05, 3.63) is 70.6 Å². The highest BCUT2D eigenvalue weighted by atomic mass is 16.5. The van der Waals surface area contributed by atoms with Gasteiger partial charge in [0, 0.05) is 18.7 Å². The van der Waals surface area contributed by atoms with Crippen molar-refractivity contribution in [1.29, 1.82) is 0 Å². The molecule has 1 amide bonds. The van der Waals surface area contributed by atoms with Crippen LogP contribution in [0.5, 0.6) is 5.75 Å². The van der Waals surface area contributed by atoms with Gasteiger partial charge in [0.15, 0.2) is 11.6 Å². The third-order valence-corrected chi connectivity index (χ3v) is 4.30. The number of ether oxygens (including phenoxy) is 1. The number of nitrogen functional groups attached to an aromatic ring is 1. The molecule has 7 heteroatoms. The Morgan fingerprint density at radius 2 is 1.96 bits per heavy atom. The van der Waals surface area contributed by atoms with Gasteiger partial charge in [0.05, 0.1) is 7.11 Å². The molecule has 2 heterocycles. The molecule has 0 saturated carbocycles. The van der Waals surface area contributed by atoms with Gasteiger partial charge < -0.3 is 20.2 Å². The maximum atomic E-state index is 12.4. The predicted molar refractivity (Wildman–Crippen MR) is 102 cm³/mol. The lowest BCUT2D eigenvalue weighted by Crippen LogP contribution is -2.24. The van der Waals surface area contributed by atoms with Crippen molar-refractivity contribution in [1.82, 2.24) is 15.3 Å². The number of methoxy groups -OCH3 is 1. The Labute approximate surface area is 157 Å². The highest BCUT2D eigenvalue weighted by Crippen LogP contribution is 2.16. The quantitative estimate of drug-likeness (QED) is 0.695. The minimum atomic E-state index is -0.296. The Hall–Kier alpha value is -3.35. The van der Waals surface area contributed by atoms with Gasteiger partial charge >= 0.3 is 0 Å². The van der Waals surface area contributed by atoms with Crippen LogP contribution in [0.4, 0.5) is 5.82 Å².